The van der Waals surface area contributed by atoms with Gasteiger partial charge < -0.3 is 19.9 Å². The van der Waals surface area contributed by atoms with Crippen LogP contribution in [0.3, 0.4) is 0 Å². The average Bonchev–Trinajstić information content (AvgIpc) is 2.96. The van der Waals surface area contributed by atoms with E-state index in [1.807, 2.05) is 27.1 Å². The standard InChI is InChI=1S/C13H21N3O2/c1-9-4-5-10(16(9)3)6-15-13(17)11-7-18-8-12(11)14-2/h4-5,11-12,14H,6-8H2,1-3H3,(H,15,17). The molecule has 1 fully saturated rings. The normalized spacial score (nSPS) is 23.3. The van der Waals surface area contributed by atoms with Crippen LogP contribution in [0.1, 0.15) is 11.4 Å². The predicted molar refractivity (Wildman–Crippen MR) is 69.2 cm³/mol. The summed E-state index contributed by atoms with van der Waals surface area (Å²) in [7, 11) is 3.87. The summed E-state index contributed by atoms with van der Waals surface area (Å²) in [6, 6.07) is 4.22. The first kappa shape index (κ1) is 13.1. The maximum absolute atomic E-state index is 12.1. The third-order valence-corrected chi connectivity index (χ3v) is 3.71. The predicted octanol–water partition coefficient (Wildman–Crippen LogP) is 0.184. The van der Waals surface area contributed by atoms with E-state index < -0.39 is 0 Å². The molecule has 100 valence electrons. The number of ether oxygens (including phenoxy) is 1. The number of aryl methyl sites for hydroxylation is 1. The summed E-state index contributed by atoms with van der Waals surface area (Å²) < 4.78 is 7.42. The molecule has 2 rings (SSSR count). The Morgan fingerprint density at radius 3 is 2.89 bits per heavy atom. The molecule has 5 nitrogen and oxygen atoms in total. The smallest absolute Gasteiger partial charge is 0.227 e. The molecule has 0 aliphatic carbocycles. The number of hydrogen-bond acceptors (Lipinski definition) is 3. The molecular weight excluding hydrogens is 230 g/mol. The minimum atomic E-state index is -0.0867. The van der Waals surface area contributed by atoms with Gasteiger partial charge in [0.15, 0.2) is 0 Å². The van der Waals surface area contributed by atoms with Gasteiger partial charge in [-0.25, -0.2) is 0 Å². The number of amides is 1. The average molecular weight is 251 g/mol. The fourth-order valence-corrected chi connectivity index (χ4v) is 2.25. The Morgan fingerprint density at radius 2 is 2.28 bits per heavy atom. The minimum absolute atomic E-state index is 0.0608. The Labute approximate surface area is 108 Å². The van der Waals surface area contributed by atoms with Crippen LogP contribution in [-0.4, -0.2) is 36.8 Å². The molecule has 5 heteroatoms. The Morgan fingerprint density at radius 1 is 1.50 bits per heavy atom. The summed E-state index contributed by atoms with van der Waals surface area (Å²) in [4.78, 5) is 12.1. The highest BCUT2D eigenvalue weighted by Gasteiger charge is 2.32. The molecule has 2 heterocycles. The molecule has 1 aliphatic heterocycles. The van der Waals surface area contributed by atoms with Gasteiger partial charge in [0, 0.05) is 24.5 Å². The first-order chi connectivity index (χ1) is 8.63. The Hall–Kier alpha value is -1.33. The van der Waals surface area contributed by atoms with Gasteiger partial charge in [0.05, 0.1) is 25.7 Å². The molecular formula is C13H21N3O2. The van der Waals surface area contributed by atoms with Crippen LogP contribution in [-0.2, 0) is 23.1 Å². The van der Waals surface area contributed by atoms with Crippen LogP contribution in [0.4, 0.5) is 0 Å². The summed E-state index contributed by atoms with van der Waals surface area (Å²) in [6.07, 6.45) is 0. The van der Waals surface area contributed by atoms with E-state index in [2.05, 4.69) is 21.3 Å². The van der Waals surface area contributed by atoms with E-state index in [4.69, 9.17) is 4.74 Å². The van der Waals surface area contributed by atoms with Gasteiger partial charge in [0.25, 0.3) is 0 Å². The largest absolute Gasteiger partial charge is 0.379 e. The van der Waals surface area contributed by atoms with Crippen LogP contribution >= 0.6 is 0 Å². The van der Waals surface area contributed by atoms with Gasteiger partial charge in [-0.1, -0.05) is 0 Å². The molecule has 0 aromatic carbocycles. The lowest BCUT2D eigenvalue weighted by atomic mass is 10.0. The number of hydrogen-bond donors (Lipinski definition) is 2. The summed E-state index contributed by atoms with van der Waals surface area (Å²) in [5.41, 5.74) is 2.30. The lowest BCUT2D eigenvalue weighted by molar-refractivity contribution is -0.125. The number of aromatic nitrogens is 1. The third kappa shape index (κ3) is 2.57. The van der Waals surface area contributed by atoms with E-state index >= 15 is 0 Å². The van der Waals surface area contributed by atoms with Crippen molar-refractivity contribution in [3.8, 4) is 0 Å². The zero-order chi connectivity index (χ0) is 13.1. The van der Waals surface area contributed by atoms with Crippen LogP contribution in [0.25, 0.3) is 0 Å². The number of rotatable bonds is 4. The topological polar surface area (TPSA) is 55.3 Å². The van der Waals surface area contributed by atoms with Crippen molar-refractivity contribution in [2.24, 2.45) is 13.0 Å². The SMILES string of the molecule is CNC1COCC1C(=O)NCc1ccc(C)n1C. The number of nitrogens with one attached hydrogen (secondary N) is 2. The molecule has 1 saturated heterocycles. The molecule has 1 aromatic rings. The zero-order valence-corrected chi connectivity index (χ0v) is 11.2. The fourth-order valence-electron chi connectivity index (χ4n) is 2.25. The maximum atomic E-state index is 12.1. The van der Waals surface area contributed by atoms with E-state index in [1.165, 1.54) is 5.69 Å². The van der Waals surface area contributed by atoms with Gasteiger partial charge in [-0.05, 0) is 26.1 Å². The van der Waals surface area contributed by atoms with Gasteiger partial charge >= 0.3 is 0 Å². The third-order valence-electron chi connectivity index (χ3n) is 3.71. The number of likely N-dealkylation sites (N-methyl/N-ethyl adjacent to an activating group) is 1. The van der Waals surface area contributed by atoms with Crippen LogP contribution < -0.4 is 10.6 Å². The first-order valence-corrected chi connectivity index (χ1v) is 6.27. The highest BCUT2D eigenvalue weighted by molar-refractivity contribution is 5.79. The highest BCUT2D eigenvalue weighted by atomic mass is 16.5. The number of carbonyl (C=O) groups is 1. The summed E-state index contributed by atoms with van der Waals surface area (Å²) in [6.45, 7) is 3.73. The molecule has 0 bridgehead atoms. The Balaban J connectivity index is 1.90. The minimum Gasteiger partial charge on any atom is -0.379 e. The maximum Gasteiger partial charge on any atom is 0.227 e. The number of carbonyl (C=O) groups excluding carboxylic acids is 1. The van der Waals surface area contributed by atoms with E-state index in [-0.39, 0.29) is 17.9 Å². The quantitative estimate of drug-likeness (QED) is 0.803. The molecule has 2 unspecified atom stereocenters. The van der Waals surface area contributed by atoms with Gasteiger partial charge in [0.1, 0.15) is 0 Å². The molecule has 2 N–H and O–H groups in total. The van der Waals surface area contributed by atoms with Crippen molar-refractivity contribution in [1.29, 1.82) is 0 Å². The van der Waals surface area contributed by atoms with E-state index in [9.17, 15) is 4.79 Å². The lowest BCUT2D eigenvalue weighted by Gasteiger charge is -2.16. The van der Waals surface area contributed by atoms with Gasteiger partial charge in [0.2, 0.25) is 5.91 Å². The van der Waals surface area contributed by atoms with E-state index in [0.717, 1.165) is 5.69 Å². The van der Waals surface area contributed by atoms with Crippen LogP contribution in [0, 0.1) is 12.8 Å². The van der Waals surface area contributed by atoms with E-state index in [0.29, 0.717) is 19.8 Å². The molecule has 18 heavy (non-hydrogen) atoms. The summed E-state index contributed by atoms with van der Waals surface area (Å²) in [5, 5.41) is 6.10. The van der Waals surface area contributed by atoms with Crippen molar-refractivity contribution >= 4 is 5.91 Å². The summed E-state index contributed by atoms with van der Waals surface area (Å²) >= 11 is 0. The van der Waals surface area contributed by atoms with Crippen molar-refractivity contribution in [3.05, 3.63) is 23.5 Å². The van der Waals surface area contributed by atoms with E-state index in [1.54, 1.807) is 0 Å². The second-order valence-electron chi connectivity index (χ2n) is 4.78. The molecule has 2 atom stereocenters. The van der Waals surface area contributed by atoms with Gasteiger partial charge in [-0.2, -0.15) is 0 Å². The van der Waals surface area contributed by atoms with Crippen LogP contribution in [0.15, 0.2) is 12.1 Å². The second-order valence-corrected chi connectivity index (χ2v) is 4.78. The van der Waals surface area contributed by atoms with Crippen LogP contribution in [0.5, 0.6) is 0 Å². The molecule has 1 amide bonds. The van der Waals surface area contributed by atoms with Gasteiger partial charge in [-0.15, -0.1) is 0 Å². The monoisotopic (exact) mass is 251 g/mol. The fraction of sp³-hybridized carbons (Fsp3) is 0.615. The molecule has 0 radical (unpaired) electrons. The number of nitrogens with zero attached hydrogens (tertiary/aromatic N) is 1. The molecule has 1 aromatic heterocycles. The van der Waals surface area contributed by atoms with Crippen molar-refractivity contribution in [2.75, 3.05) is 20.3 Å². The second kappa shape index (κ2) is 5.54. The molecule has 0 spiro atoms. The first-order valence-electron chi connectivity index (χ1n) is 6.27. The summed E-state index contributed by atoms with van der Waals surface area (Å²) in [5.74, 6) is -0.0259. The zero-order valence-electron chi connectivity index (χ0n) is 11.2. The molecule has 0 saturated carbocycles. The van der Waals surface area contributed by atoms with Crippen molar-refractivity contribution in [1.82, 2.24) is 15.2 Å². The molecule has 1 aliphatic rings. The van der Waals surface area contributed by atoms with Crippen molar-refractivity contribution < 1.29 is 9.53 Å². The highest BCUT2D eigenvalue weighted by Crippen LogP contribution is 2.14. The van der Waals surface area contributed by atoms with Crippen LogP contribution in [0.2, 0.25) is 0 Å². The van der Waals surface area contributed by atoms with Crippen molar-refractivity contribution in [2.45, 2.75) is 19.5 Å². The lowest BCUT2D eigenvalue weighted by Crippen LogP contribution is -2.42. The van der Waals surface area contributed by atoms with Gasteiger partial charge in [-0.3, -0.25) is 4.79 Å². The Kier molecular flexibility index (Phi) is 4.04. The van der Waals surface area contributed by atoms with Crippen molar-refractivity contribution in [3.63, 3.8) is 0 Å². The Bertz CT molecular complexity index is 428.